The van der Waals surface area contributed by atoms with Crippen LogP contribution < -0.4 is 14.8 Å². The van der Waals surface area contributed by atoms with E-state index in [4.69, 9.17) is 9.47 Å². The molecule has 3 aromatic rings. The molecule has 1 aliphatic heterocycles. The van der Waals surface area contributed by atoms with E-state index in [9.17, 15) is 4.79 Å². The highest BCUT2D eigenvalue weighted by Gasteiger charge is 2.14. The molecule has 7 nitrogen and oxygen atoms in total. The van der Waals surface area contributed by atoms with Gasteiger partial charge in [-0.15, -0.1) is 0 Å². The number of fused-ring (bicyclic) bond motifs is 2. The Bertz CT molecular complexity index is 1040. The van der Waals surface area contributed by atoms with Crippen LogP contribution in [0, 0.1) is 20.8 Å². The number of rotatable bonds is 4. The van der Waals surface area contributed by atoms with Crippen molar-refractivity contribution < 1.29 is 14.3 Å². The Morgan fingerprint density at radius 3 is 2.75 bits per heavy atom. The Labute approximate surface area is 163 Å². The van der Waals surface area contributed by atoms with Crippen molar-refractivity contribution >= 4 is 17.2 Å². The zero-order chi connectivity index (χ0) is 19.7. The van der Waals surface area contributed by atoms with Gasteiger partial charge in [0, 0.05) is 42.0 Å². The molecule has 0 unspecified atom stereocenters. The Kier molecular flexibility index (Phi) is 4.90. The summed E-state index contributed by atoms with van der Waals surface area (Å²) in [6.07, 6.45) is 1.82. The molecule has 3 heterocycles. The fourth-order valence-electron chi connectivity index (χ4n) is 3.51. The summed E-state index contributed by atoms with van der Waals surface area (Å²) >= 11 is 0. The maximum absolute atomic E-state index is 12.5. The molecule has 4 rings (SSSR count). The van der Waals surface area contributed by atoms with Crippen molar-refractivity contribution in [2.24, 2.45) is 0 Å². The van der Waals surface area contributed by atoms with Gasteiger partial charge in [0.15, 0.2) is 17.1 Å². The number of benzene rings is 1. The molecule has 1 aliphatic rings. The van der Waals surface area contributed by atoms with Crippen LogP contribution in [0.25, 0.3) is 5.65 Å². The molecule has 0 atom stereocenters. The fraction of sp³-hybridized carbons (Fsp3) is 0.381. The number of nitrogens with zero attached hydrogens (tertiary/aromatic N) is 3. The van der Waals surface area contributed by atoms with Gasteiger partial charge in [-0.2, -0.15) is 5.10 Å². The maximum Gasteiger partial charge on any atom is 0.224 e. The van der Waals surface area contributed by atoms with Gasteiger partial charge in [0.25, 0.3) is 0 Å². The predicted molar refractivity (Wildman–Crippen MR) is 106 cm³/mol. The molecular weight excluding hydrogens is 356 g/mol. The Hall–Kier alpha value is -3.09. The fourth-order valence-corrected chi connectivity index (χ4v) is 3.51. The molecular formula is C21H24N4O3. The molecule has 0 saturated carbocycles. The minimum Gasteiger partial charge on any atom is -0.490 e. The molecule has 7 heteroatoms. The zero-order valence-corrected chi connectivity index (χ0v) is 16.4. The first-order chi connectivity index (χ1) is 13.5. The van der Waals surface area contributed by atoms with Crippen LogP contribution in [0.5, 0.6) is 11.5 Å². The van der Waals surface area contributed by atoms with Crippen LogP contribution in [0.1, 0.15) is 35.5 Å². The monoisotopic (exact) mass is 380 g/mol. The molecule has 1 amide bonds. The van der Waals surface area contributed by atoms with E-state index in [1.54, 1.807) is 0 Å². The standard InChI is InChI=1S/C21H24N4O3/c1-13-11-20-22-14(2)17(15(3)25(20)24-13)6-8-21(26)23-16-5-7-18-19(12-16)28-10-4-9-27-18/h5,7,11-12H,4,6,8-10H2,1-3H3,(H,23,26). The molecule has 146 valence electrons. The van der Waals surface area contributed by atoms with Gasteiger partial charge < -0.3 is 14.8 Å². The molecule has 0 bridgehead atoms. The van der Waals surface area contributed by atoms with E-state index in [1.807, 2.05) is 49.6 Å². The van der Waals surface area contributed by atoms with Crippen molar-refractivity contribution in [3.63, 3.8) is 0 Å². The third-order valence-corrected chi connectivity index (χ3v) is 4.92. The Morgan fingerprint density at radius 2 is 1.93 bits per heavy atom. The summed E-state index contributed by atoms with van der Waals surface area (Å²) in [6, 6.07) is 7.44. The molecule has 0 saturated heterocycles. The van der Waals surface area contributed by atoms with E-state index in [2.05, 4.69) is 15.4 Å². The SMILES string of the molecule is Cc1cc2nc(C)c(CCC(=O)Nc3ccc4c(c3)OCCCO4)c(C)n2n1. The lowest BCUT2D eigenvalue weighted by atomic mass is 10.1. The summed E-state index contributed by atoms with van der Waals surface area (Å²) in [7, 11) is 0. The summed E-state index contributed by atoms with van der Waals surface area (Å²) in [4.78, 5) is 17.1. The lowest BCUT2D eigenvalue weighted by molar-refractivity contribution is -0.116. The number of nitrogens with one attached hydrogen (secondary N) is 1. The largest absolute Gasteiger partial charge is 0.490 e. The number of amides is 1. The minimum absolute atomic E-state index is 0.0509. The second kappa shape index (κ2) is 7.50. The lowest BCUT2D eigenvalue weighted by Gasteiger charge is -2.12. The number of anilines is 1. The summed E-state index contributed by atoms with van der Waals surface area (Å²) in [6.45, 7) is 7.21. The van der Waals surface area contributed by atoms with E-state index in [1.165, 1.54) is 0 Å². The first-order valence-electron chi connectivity index (χ1n) is 9.53. The maximum atomic E-state index is 12.5. The summed E-state index contributed by atoms with van der Waals surface area (Å²) < 4.78 is 13.2. The first-order valence-corrected chi connectivity index (χ1v) is 9.53. The van der Waals surface area contributed by atoms with Crippen molar-refractivity contribution in [2.75, 3.05) is 18.5 Å². The quantitative estimate of drug-likeness (QED) is 0.751. The van der Waals surface area contributed by atoms with E-state index in [0.717, 1.165) is 40.5 Å². The number of ether oxygens (including phenoxy) is 2. The van der Waals surface area contributed by atoms with Gasteiger partial charge in [-0.05, 0) is 44.9 Å². The second-order valence-electron chi connectivity index (χ2n) is 7.08. The summed E-state index contributed by atoms with van der Waals surface area (Å²) in [5, 5.41) is 7.43. The third kappa shape index (κ3) is 3.65. The van der Waals surface area contributed by atoms with Crippen molar-refractivity contribution in [3.05, 3.63) is 46.9 Å². The summed E-state index contributed by atoms with van der Waals surface area (Å²) in [5.41, 5.74) is 5.50. The van der Waals surface area contributed by atoms with E-state index in [0.29, 0.717) is 37.5 Å². The topological polar surface area (TPSA) is 77.8 Å². The van der Waals surface area contributed by atoms with Crippen LogP contribution in [-0.4, -0.2) is 33.7 Å². The van der Waals surface area contributed by atoms with Gasteiger partial charge in [0.1, 0.15) is 0 Å². The van der Waals surface area contributed by atoms with Crippen LogP contribution in [0.3, 0.4) is 0 Å². The van der Waals surface area contributed by atoms with Crippen LogP contribution >= 0.6 is 0 Å². The van der Waals surface area contributed by atoms with Gasteiger partial charge in [-0.3, -0.25) is 4.79 Å². The number of carbonyl (C=O) groups excluding carboxylic acids is 1. The molecule has 28 heavy (non-hydrogen) atoms. The Morgan fingerprint density at radius 1 is 1.14 bits per heavy atom. The van der Waals surface area contributed by atoms with E-state index < -0.39 is 0 Å². The summed E-state index contributed by atoms with van der Waals surface area (Å²) in [5.74, 6) is 1.34. The number of hydrogen-bond acceptors (Lipinski definition) is 5. The van der Waals surface area contributed by atoms with Crippen molar-refractivity contribution in [2.45, 2.75) is 40.0 Å². The third-order valence-electron chi connectivity index (χ3n) is 4.92. The van der Waals surface area contributed by atoms with Crippen LogP contribution in [-0.2, 0) is 11.2 Å². The van der Waals surface area contributed by atoms with Gasteiger partial charge in [-0.1, -0.05) is 0 Å². The van der Waals surface area contributed by atoms with E-state index in [-0.39, 0.29) is 5.91 Å². The second-order valence-corrected chi connectivity index (χ2v) is 7.08. The Balaban J connectivity index is 1.45. The zero-order valence-electron chi connectivity index (χ0n) is 16.4. The number of hydrogen-bond donors (Lipinski definition) is 1. The number of aromatic nitrogens is 3. The van der Waals surface area contributed by atoms with E-state index >= 15 is 0 Å². The molecule has 0 radical (unpaired) electrons. The number of carbonyl (C=O) groups is 1. The predicted octanol–water partition coefficient (Wildman–Crippen LogP) is 3.39. The van der Waals surface area contributed by atoms with Gasteiger partial charge >= 0.3 is 0 Å². The van der Waals surface area contributed by atoms with Gasteiger partial charge in [-0.25, -0.2) is 9.50 Å². The van der Waals surface area contributed by atoms with Gasteiger partial charge in [0.05, 0.1) is 18.9 Å². The highest BCUT2D eigenvalue weighted by molar-refractivity contribution is 5.91. The number of aryl methyl sites for hydroxylation is 3. The average Bonchev–Trinajstić information content (AvgIpc) is 2.87. The molecule has 0 aliphatic carbocycles. The van der Waals surface area contributed by atoms with Crippen molar-refractivity contribution in [3.8, 4) is 11.5 Å². The van der Waals surface area contributed by atoms with Crippen molar-refractivity contribution in [1.29, 1.82) is 0 Å². The first kappa shape index (κ1) is 18.3. The normalized spacial score (nSPS) is 13.4. The highest BCUT2D eigenvalue weighted by Crippen LogP contribution is 2.32. The molecule has 1 N–H and O–H groups in total. The molecule has 0 spiro atoms. The molecule has 2 aromatic heterocycles. The lowest BCUT2D eigenvalue weighted by Crippen LogP contribution is -2.14. The smallest absolute Gasteiger partial charge is 0.224 e. The molecule has 0 fully saturated rings. The average molecular weight is 380 g/mol. The van der Waals surface area contributed by atoms with Crippen molar-refractivity contribution in [1.82, 2.24) is 14.6 Å². The van der Waals surface area contributed by atoms with Crippen LogP contribution in [0.15, 0.2) is 24.3 Å². The molecule has 1 aromatic carbocycles. The van der Waals surface area contributed by atoms with Crippen LogP contribution in [0.4, 0.5) is 5.69 Å². The van der Waals surface area contributed by atoms with Gasteiger partial charge in [0.2, 0.25) is 5.91 Å². The highest BCUT2D eigenvalue weighted by atomic mass is 16.5. The minimum atomic E-state index is -0.0509. The van der Waals surface area contributed by atoms with Crippen LogP contribution in [0.2, 0.25) is 0 Å².